The zero-order valence-electron chi connectivity index (χ0n) is 19.8. The molecule has 10 nitrogen and oxygen atoms in total. The van der Waals surface area contributed by atoms with Crippen molar-refractivity contribution in [3.8, 4) is 28.6 Å². The molecule has 2 aliphatic heterocycles. The van der Waals surface area contributed by atoms with Crippen LogP contribution in [0.25, 0.3) is 11.4 Å². The van der Waals surface area contributed by atoms with Crippen LogP contribution >= 0.6 is 0 Å². The van der Waals surface area contributed by atoms with E-state index in [-0.39, 0.29) is 24.5 Å². The molecule has 182 valence electrons. The molecule has 2 aliphatic rings. The van der Waals surface area contributed by atoms with E-state index in [4.69, 9.17) is 18.7 Å². The Balaban J connectivity index is 1.26. The number of hydrogen-bond donors (Lipinski definition) is 1. The van der Waals surface area contributed by atoms with Gasteiger partial charge in [0.05, 0.1) is 26.9 Å². The summed E-state index contributed by atoms with van der Waals surface area (Å²) in [7, 11) is 3.16. The van der Waals surface area contributed by atoms with E-state index in [0.29, 0.717) is 41.8 Å². The monoisotopic (exact) mass is 477 g/mol. The lowest BCUT2D eigenvalue weighted by Crippen LogP contribution is -2.47. The lowest BCUT2D eigenvalue weighted by Gasteiger charge is -2.30. The van der Waals surface area contributed by atoms with E-state index < -0.39 is 0 Å². The summed E-state index contributed by atoms with van der Waals surface area (Å²) in [5.74, 6) is 2.77. The second-order valence-corrected chi connectivity index (χ2v) is 8.22. The van der Waals surface area contributed by atoms with E-state index in [1.807, 2.05) is 42.4 Å². The molecule has 2 aromatic carbocycles. The lowest BCUT2D eigenvalue weighted by atomic mass is 10.0. The SMILES string of the molecule is CCOc1ccc(C2CC3C(=O)N(Cc4nc(-c5cc(OC)cc(OC)c5)no4)C=CN3N2)cc1. The van der Waals surface area contributed by atoms with Gasteiger partial charge in [-0.15, -0.1) is 0 Å². The third-order valence-corrected chi connectivity index (χ3v) is 6.05. The molecular weight excluding hydrogens is 450 g/mol. The highest BCUT2D eigenvalue weighted by molar-refractivity contribution is 5.84. The molecule has 0 spiro atoms. The average Bonchev–Trinajstić information content (AvgIpc) is 3.54. The van der Waals surface area contributed by atoms with Gasteiger partial charge in [-0.3, -0.25) is 4.79 Å². The van der Waals surface area contributed by atoms with Crippen molar-refractivity contribution in [2.45, 2.75) is 32.0 Å². The maximum absolute atomic E-state index is 13.2. The predicted octanol–water partition coefficient (Wildman–Crippen LogP) is 3.29. The van der Waals surface area contributed by atoms with Gasteiger partial charge in [-0.1, -0.05) is 17.3 Å². The van der Waals surface area contributed by atoms with Gasteiger partial charge in [-0.05, 0) is 43.2 Å². The number of rotatable bonds is 8. The van der Waals surface area contributed by atoms with Gasteiger partial charge >= 0.3 is 0 Å². The average molecular weight is 478 g/mol. The smallest absolute Gasteiger partial charge is 0.251 e. The van der Waals surface area contributed by atoms with Gasteiger partial charge in [-0.25, -0.2) is 5.43 Å². The summed E-state index contributed by atoms with van der Waals surface area (Å²) in [6, 6.07) is 13.0. The van der Waals surface area contributed by atoms with Crippen molar-refractivity contribution in [3.05, 3.63) is 66.3 Å². The summed E-state index contributed by atoms with van der Waals surface area (Å²) in [4.78, 5) is 19.3. The van der Waals surface area contributed by atoms with E-state index in [9.17, 15) is 4.79 Å². The maximum atomic E-state index is 13.2. The summed E-state index contributed by atoms with van der Waals surface area (Å²) in [5.41, 5.74) is 5.20. The second kappa shape index (κ2) is 9.67. The van der Waals surface area contributed by atoms with Gasteiger partial charge in [0, 0.05) is 24.0 Å². The molecule has 3 heterocycles. The summed E-state index contributed by atoms with van der Waals surface area (Å²) in [5, 5.41) is 5.94. The number of carbonyl (C=O) groups is 1. The first-order valence-electron chi connectivity index (χ1n) is 11.4. The Hall–Kier alpha value is -4.05. The van der Waals surface area contributed by atoms with Crippen LogP contribution in [0.5, 0.6) is 17.2 Å². The third-order valence-electron chi connectivity index (χ3n) is 6.05. The maximum Gasteiger partial charge on any atom is 0.251 e. The van der Waals surface area contributed by atoms with Crippen LogP contribution in [0.2, 0.25) is 0 Å². The number of carbonyl (C=O) groups excluding carboxylic acids is 1. The molecule has 0 radical (unpaired) electrons. The number of aromatic nitrogens is 2. The van der Waals surface area contributed by atoms with Crippen molar-refractivity contribution in [3.63, 3.8) is 0 Å². The number of fused-ring (bicyclic) bond motifs is 1. The predicted molar refractivity (Wildman–Crippen MR) is 126 cm³/mol. The molecule has 35 heavy (non-hydrogen) atoms. The highest BCUT2D eigenvalue weighted by Crippen LogP contribution is 2.32. The number of amides is 1. The van der Waals surface area contributed by atoms with Gasteiger partial charge in [-0.2, -0.15) is 4.98 Å². The lowest BCUT2D eigenvalue weighted by molar-refractivity contribution is -0.135. The molecule has 10 heteroatoms. The van der Waals surface area contributed by atoms with Crippen LogP contribution in [0.15, 0.2) is 59.4 Å². The normalized spacial score (nSPS) is 19.1. The topological polar surface area (TPSA) is 102 Å². The van der Waals surface area contributed by atoms with Crippen LogP contribution in [0.3, 0.4) is 0 Å². The molecule has 5 rings (SSSR count). The fourth-order valence-corrected chi connectivity index (χ4v) is 4.27. The van der Waals surface area contributed by atoms with E-state index >= 15 is 0 Å². The van der Waals surface area contributed by atoms with Crippen LogP contribution in [0, 0.1) is 0 Å². The summed E-state index contributed by atoms with van der Waals surface area (Å²) in [6.07, 6.45) is 4.24. The molecule has 1 fully saturated rings. The van der Waals surface area contributed by atoms with Gasteiger partial charge < -0.3 is 28.6 Å². The minimum absolute atomic E-state index is 0.0299. The Morgan fingerprint density at radius 2 is 1.80 bits per heavy atom. The zero-order chi connectivity index (χ0) is 24.4. The van der Waals surface area contributed by atoms with Crippen LogP contribution < -0.4 is 19.6 Å². The van der Waals surface area contributed by atoms with Crippen LogP contribution in [-0.2, 0) is 11.3 Å². The second-order valence-electron chi connectivity index (χ2n) is 8.22. The Morgan fingerprint density at radius 1 is 1.06 bits per heavy atom. The third kappa shape index (κ3) is 4.65. The van der Waals surface area contributed by atoms with Gasteiger partial charge in [0.25, 0.3) is 5.91 Å². The Bertz CT molecular complexity index is 1200. The van der Waals surface area contributed by atoms with Gasteiger partial charge in [0.2, 0.25) is 11.7 Å². The van der Waals surface area contributed by atoms with Crippen molar-refractivity contribution in [2.24, 2.45) is 0 Å². The summed E-state index contributed by atoms with van der Waals surface area (Å²) >= 11 is 0. The molecule has 1 N–H and O–H groups in total. The number of nitrogens with zero attached hydrogens (tertiary/aromatic N) is 4. The standard InChI is InChI=1S/C25H27N5O5/c1-4-34-18-7-5-16(6-8-18)21-14-22-25(31)29(9-10-30(22)27-21)15-23-26-24(28-35-23)17-11-19(32-2)13-20(12-17)33-3/h5-13,21-22,27H,4,14-15H2,1-3H3. The first-order valence-corrected chi connectivity index (χ1v) is 11.4. The zero-order valence-corrected chi connectivity index (χ0v) is 19.8. The molecule has 3 aromatic rings. The molecule has 1 amide bonds. The number of methoxy groups -OCH3 is 2. The Kier molecular flexibility index (Phi) is 6.28. The number of hydrogen-bond acceptors (Lipinski definition) is 9. The van der Waals surface area contributed by atoms with E-state index in [0.717, 1.165) is 11.3 Å². The fourth-order valence-electron chi connectivity index (χ4n) is 4.27. The highest BCUT2D eigenvalue weighted by Gasteiger charge is 2.40. The quantitative estimate of drug-likeness (QED) is 0.524. The molecule has 2 atom stereocenters. The molecule has 2 unspecified atom stereocenters. The Labute approximate surface area is 203 Å². The van der Waals surface area contributed by atoms with Crippen molar-refractivity contribution in [1.82, 2.24) is 25.5 Å². The number of hydrazine groups is 1. The molecule has 1 aromatic heterocycles. The summed E-state index contributed by atoms with van der Waals surface area (Å²) in [6.45, 7) is 2.77. The number of benzene rings is 2. The molecule has 0 bridgehead atoms. The van der Waals surface area contributed by atoms with E-state index in [1.54, 1.807) is 43.5 Å². The van der Waals surface area contributed by atoms with Crippen LogP contribution in [0.4, 0.5) is 0 Å². The minimum Gasteiger partial charge on any atom is -0.497 e. The van der Waals surface area contributed by atoms with Crippen molar-refractivity contribution in [2.75, 3.05) is 20.8 Å². The van der Waals surface area contributed by atoms with Gasteiger partial charge in [0.15, 0.2) is 0 Å². The highest BCUT2D eigenvalue weighted by atomic mass is 16.5. The first-order chi connectivity index (χ1) is 17.1. The first kappa shape index (κ1) is 22.7. The molecule has 0 saturated carbocycles. The molecule has 1 saturated heterocycles. The Morgan fingerprint density at radius 3 is 2.49 bits per heavy atom. The number of ether oxygens (including phenoxy) is 3. The van der Waals surface area contributed by atoms with Crippen molar-refractivity contribution < 1.29 is 23.5 Å². The minimum atomic E-state index is -0.318. The van der Waals surface area contributed by atoms with E-state index in [1.165, 1.54) is 0 Å². The van der Waals surface area contributed by atoms with Gasteiger partial charge in [0.1, 0.15) is 29.8 Å². The molecule has 0 aliphatic carbocycles. The van der Waals surface area contributed by atoms with Crippen LogP contribution in [0.1, 0.15) is 30.8 Å². The van der Waals surface area contributed by atoms with Crippen LogP contribution in [-0.4, -0.2) is 52.8 Å². The molecular formula is C25H27N5O5. The van der Waals surface area contributed by atoms with Crippen molar-refractivity contribution >= 4 is 5.91 Å². The van der Waals surface area contributed by atoms with E-state index in [2.05, 4.69) is 15.6 Å². The number of nitrogens with one attached hydrogen (secondary N) is 1. The van der Waals surface area contributed by atoms with Crippen molar-refractivity contribution in [1.29, 1.82) is 0 Å². The summed E-state index contributed by atoms with van der Waals surface area (Å²) < 4.78 is 21.6. The largest absolute Gasteiger partial charge is 0.497 e. The fraction of sp³-hybridized carbons (Fsp3) is 0.320.